The topological polar surface area (TPSA) is 41.1 Å². The van der Waals surface area contributed by atoms with E-state index in [1.807, 2.05) is 26.1 Å². The summed E-state index contributed by atoms with van der Waals surface area (Å²) in [6.45, 7) is 4.83. The fraction of sp³-hybridized carbons (Fsp3) is 0.500. The van der Waals surface area contributed by atoms with Gasteiger partial charge in [-0.3, -0.25) is 4.79 Å². The lowest BCUT2D eigenvalue weighted by Gasteiger charge is -2.41. The molecule has 0 bridgehead atoms. The van der Waals surface area contributed by atoms with Crippen molar-refractivity contribution in [3.05, 3.63) is 72.0 Å². The van der Waals surface area contributed by atoms with Gasteiger partial charge in [0.15, 0.2) is 0 Å². The minimum absolute atomic E-state index is 0.0225. The van der Waals surface area contributed by atoms with Crippen LogP contribution in [0.25, 0.3) is 0 Å². The molecule has 2 N–H and O–H groups in total. The SMILES string of the molecule is C/C=C(/CC1CCC(CNC(=O)/C=C/CC/C=C/C)(c2ccccc2)CC1)NC. The molecule has 3 heteroatoms. The number of carbonyl (C=O) groups is 1. The molecular formula is C26H38N2O. The summed E-state index contributed by atoms with van der Waals surface area (Å²) >= 11 is 0. The standard InChI is InChI=1S/C26H38N2O/c1-4-6-7-8-12-15-25(29)28-21-26(23-13-10-9-11-14-23)18-16-22(17-19-26)20-24(5-2)27-3/h4-6,9-15,22,27H,7-8,16-21H2,1-3H3,(H,28,29)/b6-4+,15-12+,24-5-. The number of carbonyl (C=O) groups excluding carboxylic acids is 1. The molecule has 29 heavy (non-hydrogen) atoms. The summed E-state index contributed by atoms with van der Waals surface area (Å²) in [4.78, 5) is 12.3. The second-order valence-corrected chi connectivity index (χ2v) is 8.12. The molecule has 1 saturated carbocycles. The molecule has 0 aliphatic heterocycles. The van der Waals surface area contributed by atoms with E-state index >= 15 is 0 Å². The predicted octanol–water partition coefficient (Wildman–Crippen LogP) is 5.66. The number of benzene rings is 1. The Bertz CT molecular complexity index is 695. The Kier molecular flexibility index (Phi) is 9.76. The number of allylic oxidation sites excluding steroid dienone is 5. The molecule has 0 saturated heterocycles. The van der Waals surface area contributed by atoms with Gasteiger partial charge >= 0.3 is 0 Å². The molecule has 0 heterocycles. The van der Waals surface area contributed by atoms with Gasteiger partial charge in [0.2, 0.25) is 5.91 Å². The Morgan fingerprint density at radius 1 is 1.10 bits per heavy atom. The fourth-order valence-electron chi connectivity index (χ4n) is 4.33. The highest BCUT2D eigenvalue weighted by molar-refractivity contribution is 5.87. The van der Waals surface area contributed by atoms with Crippen LogP contribution >= 0.6 is 0 Å². The zero-order valence-electron chi connectivity index (χ0n) is 18.4. The lowest BCUT2D eigenvalue weighted by Crippen LogP contribution is -2.43. The highest BCUT2D eigenvalue weighted by Crippen LogP contribution is 2.42. The van der Waals surface area contributed by atoms with Crippen LogP contribution in [0.15, 0.2) is 66.4 Å². The zero-order chi connectivity index (χ0) is 21.0. The smallest absolute Gasteiger partial charge is 0.243 e. The molecule has 0 unspecified atom stereocenters. The van der Waals surface area contributed by atoms with Gasteiger partial charge in [-0.2, -0.15) is 0 Å². The van der Waals surface area contributed by atoms with Crippen LogP contribution in [0.2, 0.25) is 0 Å². The molecule has 0 spiro atoms. The normalized spacial score (nSPS) is 22.9. The first-order valence-corrected chi connectivity index (χ1v) is 11.1. The molecular weight excluding hydrogens is 356 g/mol. The van der Waals surface area contributed by atoms with E-state index < -0.39 is 0 Å². The Labute approximate surface area is 177 Å². The Hall–Kier alpha value is -2.29. The van der Waals surface area contributed by atoms with Crippen LogP contribution in [-0.4, -0.2) is 19.5 Å². The largest absolute Gasteiger partial charge is 0.392 e. The summed E-state index contributed by atoms with van der Waals surface area (Å²) in [5, 5.41) is 6.51. The summed E-state index contributed by atoms with van der Waals surface area (Å²) in [5.41, 5.74) is 2.73. The molecule has 0 radical (unpaired) electrons. The number of unbranched alkanes of at least 4 members (excludes halogenated alkanes) is 1. The number of hydrogen-bond acceptors (Lipinski definition) is 2. The van der Waals surface area contributed by atoms with Crippen molar-refractivity contribution in [1.82, 2.24) is 10.6 Å². The summed E-state index contributed by atoms with van der Waals surface area (Å²) in [6.07, 6.45) is 17.7. The molecule has 1 fully saturated rings. The van der Waals surface area contributed by atoms with E-state index in [9.17, 15) is 4.79 Å². The van der Waals surface area contributed by atoms with Crippen LogP contribution in [0.1, 0.15) is 64.4 Å². The maximum Gasteiger partial charge on any atom is 0.243 e. The van der Waals surface area contributed by atoms with Gasteiger partial charge in [0, 0.05) is 24.7 Å². The average Bonchev–Trinajstić information content (AvgIpc) is 2.77. The van der Waals surface area contributed by atoms with E-state index in [0.29, 0.717) is 12.5 Å². The highest BCUT2D eigenvalue weighted by Gasteiger charge is 2.37. The molecule has 158 valence electrons. The van der Waals surface area contributed by atoms with Crippen LogP contribution in [0.4, 0.5) is 0 Å². The molecule has 1 aromatic rings. The molecule has 0 atom stereocenters. The van der Waals surface area contributed by atoms with Crippen LogP contribution < -0.4 is 10.6 Å². The van der Waals surface area contributed by atoms with Gasteiger partial charge in [0.05, 0.1) is 0 Å². The molecule has 0 aromatic heterocycles. The Morgan fingerprint density at radius 2 is 1.79 bits per heavy atom. The maximum atomic E-state index is 12.3. The molecule has 3 nitrogen and oxygen atoms in total. The van der Waals surface area contributed by atoms with E-state index in [2.05, 4.69) is 60.0 Å². The van der Waals surface area contributed by atoms with Crippen LogP contribution in [-0.2, 0) is 10.2 Å². The van der Waals surface area contributed by atoms with Crippen molar-refractivity contribution in [2.75, 3.05) is 13.6 Å². The van der Waals surface area contributed by atoms with E-state index in [0.717, 1.165) is 32.1 Å². The minimum atomic E-state index is 0.0225. The Balaban J connectivity index is 1.99. The van der Waals surface area contributed by atoms with Crippen molar-refractivity contribution in [2.45, 2.75) is 64.2 Å². The second-order valence-electron chi connectivity index (χ2n) is 8.12. The predicted molar refractivity (Wildman–Crippen MR) is 124 cm³/mol. The average molecular weight is 395 g/mol. The zero-order valence-corrected chi connectivity index (χ0v) is 18.4. The van der Waals surface area contributed by atoms with Crippen molar-refractivity contribution in [1.29, 1.82) is 0 Å². The van der Waals surface area contributed by atoms with Crippen molar-refractivity contribution < 1.29 is 4.79 Å². The second kappa shape index (κ2) is 12.3. The first kappa shape index (κ1) is 23.0. The molecule has 1 aliphatic rings. The van der Waals surface area contributed by atoms with Crippen LogP contribution in [0, 0.1) is 5.92 Å². The van der Waals surface area contributed by atoms with Crippen LogP contribution in [0.3, 0.4) is 0 Å². The number of hydrogen-bond donors (Lipinski definition) is 2. The van der Waals surface area contributed by atoms with Crippen molar-refractivity contribution in [2.24, 2.45) is 5.92 Å². The third kappa shape index (κ3) is 7.23. The van der Waals surface area contributed by atoms with E-state index in [1.165, 1.54) is 24.1 Å². The van der Waals surface area contributed by atoms with E-state index in [-0.39, 0.29) is 11.3 Å². The van der Waals surface area contributed by atoms with Crippen LogP contribution in [0.5, 0.6) is 0 Å². The van der Waals surface area contributed by atoms with Crippen molar-refractivity contribution in [3.8, 4) is 0 Å². The van der Waals surface area contributed by atoms with E-state index in [4.69, 9.17) is 0 Å². The fourth-order valence-corrected chi connectivity index (χ4v) is 4.33. The van der Waals surface area contributed by atoms with Gasteiger partial charge in [-0.15, -0.1) is 0 Å². The molecule has 1 aliphatic carbocycles. The van der Waals surface area contributed by atoms with Gasteiger partial charge in [-0.05, 0) is 76.4 Å². The number of nitrogens with one attached hydrogen (secondary N) is 2. The quantitative estimate of drug-likeness (QED) is 0.305. The monoisotopic (exact) mass is 394 g/mol. The lowest BCUT2D eigenvalue weighted by atomic mass is 9.66. The molecule has 1 amide bonds. The third-order valence-electron chi connectivity index (χ3n) is 6.23. The first-order valence-electron chi connectivity index (χ1n) is 11.1. The Morgan fingerprint density at radius 3 is 2.41 bits per heavy atom. The summed E-state index contributed by atoms with van der Waals surface area (Å²) in [7, 11) is 2.01. The number of rotatable bonds is 10. The van der Waals surface area contributed by atoms with Gasteiger partial charge in [-0.1, -0.05) is 54.6 Å². The van der Waals surface area contributed by atoms with Gasteiger partial charge < -0.3 is 10.6 Å². The van der Waals surface area contributed by atoms with Crippen molar-refractivity contribution in [3.63, 3.8) is 0 Å². The highest BCUT2D eigenvalue weighted by atomic mass is 16.1. The van der Waals surface area contributed by atoms with Gasteiger partial charge in [0.25, 0.3) is 0 Å². The summed E-state index contributed by atoms with van der Waals surface area (Å²) < 4.78 is 0. The maximum absolute atomic E-state index is 12.3. The number of amides is 1. The first-order chi connectivity index (χ1) is 14.1. The molecule has 2 rings (SSSR count). The van der Waals surface area contributed by atoms with E-state index in [1.54, 1.807) is 6.08 Å². The molecule has 1 aromatic carbocycles. The lowest BCUT2D eigenvalue weighted by molar-refractivity contribution is -0.116. The summed E-state index contributed by atoms with van der Waals surface area (Å²) in [5.74, 6) is 0.738. The third-order valence-corrected chi connectivity index (χ3v) is 6.23. The van der Waals surface area contributed by atoms with Gasteiger partial charge in [0.1, 0.15) is 0 Å². The van der Waals surface area contributed by atoms with Crippen molar-refractivity contribution >= 4 is 5.91 Å². The van der Waals surface area contributed by atoms with Gasteiger partial charge in [-0.25, -0.2) is 0 Å². The summed E-state index contributed by atoms with van der Waals surface area (Å²) in [6, 6.07) is 10.8. The minimum Gasteiger partial charge on any atom is -0.392 e.